The summed E-state index contributed by atoms with van der Waals surface area (Å²) in [5.74, 6) is 7.60. The van der Waals surface area contributed by atoms with Crippen LogP contribution in [0.4, 0.5) is 0 Å². The fourth-order valence-corrected chi connectivity index (χ4v) is 3.24. The van der Waals surface area contributed by atoms with E-state index in [1.807, 2.05) is 24.3 Å². The van der Waals surface area contributed by atoms with Gasteiger partial charge in [-0.25, -0.2) is 4.68 Å². The van der Waals surface area contributed by atoms with Crippen molar-refractivity contribution >= 4 is 27.7 Å². The van der Waals surface area contributed by atoms with E-state index in [0.29, 0.717) is 11.0 Å². The molecule has 0 aliphatic carbocycles. The van der Waals surface area contributed by atoms with Gasteiger partial charge in [0.1, 0.15) is 0 Å². The largest absolute Gasteiger partial charge is 0.335 e. The maximum absolute atomic E-state index is 6.13. The Kier molecular flexibility index (Phi) is 4.49. The van der Waals surface area contributed by atoms with Gasteiger partial charge in [0.05, 0.1) is 0 Å². The number of hydrogen-bond acceptors (Lipinski definition) is 4. The molecule has 0 radical (unpaired) electrons. The van der Waals surface area contributed by atoms with Gasteiger partial charge in [0, 0.05) is 15.8 Å². The number of nitrogens with zero attached hydrogens (tertiary/aromatic N) is 3. The molecule has 0 amide bonds. The zero-order valence-electron chi connectivity index (χ0n) is 12.0. The minimum absolute atomic E-state index is 0.660. The summed E-state index contributed by atoms with van der Waals surface area (Å²) < 4.78 is 2.53. The number of rotatable bonds is 4. The van der Waals surface area contributed by atoms with E-state index < -0.39 is 0 Å². The van der Waals surface area contributed by atoms with Gasteiger partial charge in [0.25, 0.3) is 0 Å². The average Bonchev–Trinajstić information content (AvgIpc) is 2.88. The van der Waals surface area contributed by atoms with Crippen molar-refractivity contribution in [2.24, 2.45) is 0 Å². The maximum Gasteiger partial charge on any atom is 0.210 e. The molecule has 1 aromatic heterocycles. The molecule has 3 aromatic rings. The summed E-state index contributed by atoms with van der Waals surface area (Å²) in [5.41, 5.74) is 3.43. The Morgan fingerprint density at radius 3 is 2.64 bits per heavy atom. The van der Waals surface area contributed by atoms with E-state index in [-0.39, 0.29) is 0 Å². The highest BCUT2D eigenvalue weighted by Gasteiger charge is 2.12. The normalized spacial score (nSPS) is 10.8. The smallest absolute Gasteiger partial charge is 0.210 e. The Balaban J connectivity index is 1.77. The molecule has 0 aliphatic heterocycles. The number of halogens is 1. The van der Waals surface area contributed by atoms with E-state index in [1.54, 1.807) is 16.4 Å². The molecular formula is C16H15BrN4S. The number of aryl methyl sites for hydroxylation is 1. The van der Waals surface area contributed by atoms with Gasteiger partial charge >= 0.3 is 0 Å². The highest BCUT2D eigenvalue weighted by molar-refractivity contribution is 9.10. The van der Waals surface area contributed by atoms with Gasteiger partial charge in [0.2, 0.25) is 5.16 Å². The number of aromatic nitrogens is 3. The van der Waals surface area contributed by atoms with Gasteiger partial charge in [-0.05, 0) is 24.6 Å². The van der Waals surface area contributed by atoms with Crippen LogP contribution in [0.25, 0.3) is 11.4 Å². The Morgan fingerprint density at radius 2 is 1.91 bits per heavy atom. The number of nitrogens with two attached hydrogens (primary N) is 1. The van der Waals surface area contributed by atoms with E-state index in [9.17, 15) is 0 Å². The summed E-state index contributed by atoms with van der Waals surface area (Å²) in [4.78, 5) is 0. The zero-order valence-corrected chi connectivity index (χ0v) is 14.4. The first-order valence-electron chi connectivity index (χ1n) is 6.78. The van der Waals surface area contributed by atoms with Crippen LogP contribution in [-0.2, 0) is 5.75 Å². The third kappa shape index (κ3) is 3.34. The van der Waals surface area contributed by atoms with Crippen LogP contribution >= 0.6 is 27.7 Å². The van der Waals surface area contributed by atoms with Crippen LogP contribution in [0.1, 0.15) is 11.1 Å². The first-order valence-corrected chi connectivity index (χ1v) is 8.56. The van der Waals surface area contributed by atoms with Crippen LogP contribution in [0, 0.1) is 6.92 Å². The van der Waals surface area contributed by atoms with Crippen molar-refractivity contribution in [3.8, 4) is 11.4 Å². The van der Waals surface area contributed by atoms with Crippen molar-refractivity contribution in [1.82, 2.24) is 14.9 Å². The summed E-state index contributed by atoms with van der Waals surface area (Å²) in [6.45, 7) is 2.08. The monoisotopic (exact) mass is 374 g/mol. The summed E-state index contributed by atoms with van der Waals surface area (Å²) in [7, 11) is 0. The summed E-state index contributed by atoms with van der Waals surface area (Å²) in [6, 6.07) is 16.3. The van der Waals surface area contributed by atoms with E-state index in [4.69, 9.17) is 5.84 Å². The quantitative estimate of drug-likeness (QED) is 0.553. The van der Waals surface area contributed by atoms with Gasteiger partial charge in [0.15, 0.2) is 5.82 Å². The Morgan fingerprint density at radius 1 is 1.14 bits per heavy atom. The predicted molar refractivity (Wildman–Crippen MR) is 94.0 cm³/mol. The van der Waals surface area contributed by atoms with E-state index >= 15 is 0 Å². The lowest BCUT2D eigenvalue weighted by Crippen LogP contribution is -2.11. The third-order valence-corrected chi connectivity index (χ3v) is 4.74. The van der Waals surface area contributed by atoms with Crippen molar-refractivity contribution in [3.63, 3.8) is 0 Å². The van der Waals surface area contributed by atoms with Crippen molar-refractivity contribution in [1.29, 1.82) is 0 Å². The minimum Gasteiger partial charge on any atom is -0.335 e. The highest BCUT2D eigenvalue weighted by Crippen LogP contribution is 2.25. The van der Waals surface area contributed by atoms with E-state index in [1.165, 1.54) is 11.1 Å². The lowest BCUT2D eigenvalue weighted by molar-refractivity contribution is 0.849. The molecule has 2 aromatic carbocycles. The molecule has 0 atom stereocenters. The molecule has 112 valence electrons. The Bertz CT molecular complexity index is 783. The second-order valence-corrected chi connectivity index (χ2v) is 6.82. The van der Waals surface area contributed by atoms with Crippen LogP contribution in [0.5, 0.6) is 0 Å². The first kappa shape index (κ1) is 15.1. The van der Waals surface area contributed by atoms with Crippen LogP contribution in [0.2, 0.25) is 0 Å². The van der Waals surface area contributed by atoms with Crippen LogP contribution in [-0.4, -0.2) is 14.9 Å². The lowest BCUT2D eigenvalue weighted by atomic mass is 10.2. The lowest BCUT2D eigenvalue weighted by Gasteiger charge is -2.04. The third-order valence-electron chi connectivity index (χ3n) is 3.24. The van der Waals surface area contributed by atoms with Crippen LogP contribution in [0.3, 0.4) is 0 Å². The molecule has 0 bridgehead atoms. The predicted octanol–water partition coefficient (Wildman–Crippen LogP) is 4.02. The van der Waals surface area contributed by atoms with E-state index in [2.05, 4.69) is 57.3 Å². The second kappa shape index (κ2) is 6.54. The molecule has 0 unspecified atom stereocenters. The van der Waals surface area contributed by atoms with Crippen LogP contribution < -0.4 is 5.84 Å². The van der Waals surface area contributed by atoms with E-state index in [0.717, 1.165) is 15.8 Å². The fourth-order valence-electron chi connectivity index (χ4n) is 2.03. The van der Waals surface area contributed by atoms with Crippen molar-refractivity contribution in [3.05, 3.63) is 64.1 Å². The number of hydrogen-bond donors (Lipinski definition) is 1. The molecule has 6 heteroatoms. The molecule has 0 saturated carbocycles. The second-order valence-electron chi connectivity index (χ2n) is 4.96. The topological polar surface area (TPSA) is 56.7 Å². The van der Waals surface area contributed by atoms with Crippen LogP contribution in [0.15, 0.2) is 58.2 Å². The molecular weight excluding hydrogens is 360 g/mol. The maximum atomic E-state index is 6.13. The van der Waals surface area contributed by atoms with Gasteiger partial charge in [-0.3, -0.25) is 0 Å². The summed E-state index contributed by atoms with van der Waals surface area (Å²) in [6.07, 6.45) is 0. The molecule has 3 rings (SSSR count). The first-order chi connectivity index (χ1) is 10.6. The zero-order chi connectivity index (χ0) is 15.5. The van der Waals surface area contributed by atoms with Gasteiger partial charge < -0.3 is 5.84 Å². The molecule has 4 nitrogen and oxygen atoms in total. The number of benzene rings is 2. The fraction of sp³-hybridized carbons (Fsp3) is 0.125. The minimum atomic E-state index is 0.660. The highest BCUT2D eigenvalue weighted by atomic mass is 79.9. The molecule has 0 fully saturated rings. The van der Waals surface area contributed by atoms with Gasteiger partial charge in [-0.2, -0.15) is 0 Å². The molecule has 0 saturated heterocycles. The summed E-state index contributed by atoms with van der Waals surface area (Å²) in [5, 5.41) is 9.09. The Hall–Kier alpha value is -1.79. The van der Waals surface area contributed by atoms with Crippen molar-refractivity contribution < 1.29 is 0 Å². The molecule has 0 spiro atoms. The average molecular weight is 375 g/mol. The molecule has 22 heavy (non-hydrogen) atoms. The van der Waals surface area contributed by atoms with Gasteiger partial charge in [-0.15, -0.1) is 10.2 Å². The number of thioether (sulfide) groups is 1. The van der Waals surface area contributed by atoms with Crippen molar-refractivity contribution in [2.75, 3.05) is 5.84 Å². The van der Waals surface area contributed by atoms with Crippen molar-refractivity contribution in [2.45, 2.75) is 17.8 Å². The SMILES string of the molecule is Cc1ccc(CSc2nnc(-c3cccc(Br)c3)n2N)cc1. The molecule has 1 heterocycles. The van der Waals surface area contributed by atoms with Gasteiger partial charge in [-0.1, -0.05) is 69.7 Å². The Labute approximate surface area is 141 Å². The number of nitrogen functional groups attached to an aromatic ring is 1. The summed E-state index contributed by atoms with van der Waals surface area (Å²) >= 11 is 5.03. The molecule has 0 aliphatic rings. The molecule has 2 N–H and O–H groups in total. The standard InChI is InChI=1S/C16H15BrN4S/c1-11-5-7-12(8-6-11)10-22-16-20-19-15(21(16)18)13-3-2-4-14(17)9-13/h2-9H,10,18H2,1H3.